The molecular formula is C11H22N2. The third kappa shape index (κ3) is 7.83. The van der Waals surface area contributed by atoms with Gasteiger partial charge in [-0.15, -0.1) is 6.42 Å². The van der Waals surface area contributed by atoms with Crippen molar-refractivity contribution in [3.63, 3.8) is 0 Å². The highest BCUT2D eigenvalue weighted by Crippen LogP contribution is 1.88. The van der Waals surface area contributed by atoms with Gasteiger partial charge in [0.1, 0.15) is 0 Å². The Morgan fingerprint density at radius 3 is 2.46 bits per heavy atom. The molecule has 0 rings (SSSR count). The molecular weight excluding hydrogens is 160 g/mol. The van der Waals surface area contributed by atoms with Crippen LogP contribution in [0, 0.1) is 12.3 Å². The molecule has 0 aromatic heterocycles. The Balaban J connectivity index is 3.40. The van der Waals surface area contributed by atoms with Gasteiger partial charge in [0.2, 0.25) is 0 Å². The average Bonchev–Trinajstić information content (AvgIpc) is 2.13. The summed E-state index contributed by atoms with van der Waals surface area (Å²) in [5, 5.41) is 3.37. The molecule has 0 aliphatic heterocycles. The fraction of sp³-hybridized carbons (Fsp3) is 0.818. The topological polar surface area (TPSA) is 15.3 Å². The quantitative estimate of drug-likeness (QED) is 0.450. The van der Waals surface area contributed by atoms with Gasteiger partial charge < -0.3 is 5.32 Å². The van der Waals surface area contributed by atoms with E-state index in [1.807, 2.05) is 0 Å². The summed E-state index contributed by atoms with van der Waals surface area (Å²) in [4.78, 5) is 2.31. The minimum Gasteiger partial charge on any atom is -0.315 e. The molecule has 0 heterocycles. The fourth-order valence-corrected chi connectivity index (χ4v) is 1.25. The van der Waals surface area contributed by atoms with Crippen LogP contribution in [0.25, 0.3) is 0 Å². The van der Waals surface area contributed by atoms with Gasteiger partial charge in [-0.3, -0.25) is 4.90 Å². The van der Waals surface area contributed by atoms with Crippen molar-refractivity contribution < 1.29 is 0 Å². The number of rotatable bonds is 8. The molecule has 0 aromatic rings. The van der Waals surface area contributed by atoms with Crippen molar-refractivity contribution in [2.24, 2.45) is 0 Å². The minimum atomic E-state index is 0.779. The summed E-state index contributed by atoms with van der Waals surface area (Å²) in [7, 11) is 0. The van der Waals surface area contributed by atoms with Crippen molar-refractivity contribution in [3.05, 3.63) is 0 Å². The Morgan fingerprint density at radius 2 is 1.92 bits per heavy atom. The SMILES string of the molecule is C#CCN(CCC)CCNCCC. The van der Waals surface area contributed by atoms with Crippen LogP contribution < -0.4 is 5.32 Å². The van der Waals surface area contributed by atoms with Gasteiger partial charge in [0.25, 0.3) is 0 Å². The predicted octanol–water partition coefficient (Wildman–Crippen LogP) is 1.33. The molecule has 0 unspecified atom stereocenters. The van der Waals surface area contributed by atoms with Crippen LogP contribution >= 0.6 is 0 Å². The molecule has 13 heavy (non-hydrogen) atoms. The lowest BCUT2D eigenvalue weighted by atomic mass is 10.4. The van der Waals surface area contributed by atoms with Crippen LogP contribution in [0.5, 0.6) is 0 Å². The first kappa shape index (κ1) is 12.5. The maximum Gasteiger partial charge on any atom is 0.0599 e. The van der Waals surface area contributed by atoms with Crippen LogP contribution in [0.4, 0.5) is 0 Å². The van der Waals surface area contributed by atoms with Crippen molar-refractivity contribution in [2.45, 2.75) is 26.7 Å². The first-order chi connectivity index (χ1) is 6.35. The predicted molar refractivity (Wildman–Crippen MR) is 58.7 cm³/mol. The second kappa shape index (κ2) is 9.57. The highest BCUT2D eigenvalue weighted by Gasteiger charge is 1.99. The summed E-state index contributed by atoms with van der Waals surface area (Å²) >= 11 is 0. The smallest absolute Gasteiger partial charge is 0.0599 e. The van der Waals surface area contributed by atoms with Gasteiger partial charge in [-0.05, 0) is 25.9 Å². The molecule has 0 aliphatic carbocycles. The summed E-state index contributed by atoms with van der Waals surface area (Å²) in [6.07, 6.45) is 7.65. The Labute approximate surface area is 82.7 Å². The summed E-state index contributed by atoms with van der Waals surface area (Å²) in [6.45, 7) is 9.48. The van der Waals surface area contributed by atoms with Crippen molar-refractivity contribution in [2.75, 3.05) is 32.7 Å². The van der Waals surface area contributed by atoms with E-state index < -0.39 is 0 Å². The van der Waals surface area contributed by atoms with Gasteiger partial charge in [-0.2, -0.15) is 0 Å². The van der Waals surface area contributed by atoms with Crippen LogP contribution in [0.2, 0.25) is 0 Å². The van der Waals surface area contributed by atoms with Gasteiger partial charge in [0.15, 0.2) is 0 Å². The maximum absolute atomic E-state index is 5.28. The molecule has 0 fully saturated rings. The standard InChI is InChI=1S/C11H22N2/c1-4-7-12-8-11-13(9-5-2)10-6-3/h2,12H,4,6-11H2,1,3H3. The van der Waals surface area contributed by atoms with E-state index in [2.05, 4.69) is 30.0 Å². The van der Waals surface area contributed by atoms with Crippen LogP contribution in [-0.2, 0) is 0 Å². The van der Waals surface area contributed by atoms with Gasteiger partial charge in [-0.1, -0.05) is 19.8 Å². The monoisotopic (exact) mass is 182 g/mol. The molecule has 0 radical (unpaired) electrons. The van der Waals surface area contributed by atoms with E-state index in [-0.39, 0.29) is 0 Å². The molecule has 76 valence electrons. The van der Waals surface area contributed by atoms with Crippen molar-refractivity contribution in [1.29, 1.82) is 0 Å². The molecule has 2 heteroatoms. The Hall–Kier alpha value is -0.520. The molecule has 2 nitrogen and oxygen atoms in total. The van der Waals surface area contributed by atoms with Crippen molar-refractivity contribution in [1.82, 2.24) is 10.2 Å². The lowest BCUT2D eigenvalue weighted by Gasteiger charge is -2.18. The zero-order valence-electron chi connectivity index (χ0n) is 8.97. The highest BCUT2D eigenvalue weighted by atomic mass is 15.1. The number of terminal acetylenes is 1. The lowest BCUT2D eigenvalue weighted by Crippen LogP contribution is -2.33. The number of nitrogens with one attached hydrogen (secondary N) is 1. The molecule has 0 aromatic carbocycles. The van der Waals surface area contributed by atoms with E-state index in [4.69, 9.17) is 6.42 Å². The van der Waals surface area contributed by atoms with E-state index >= 15 is 0 Å². The summed E-state index contributed by atoms with van der Waals surface area (Å²) < 4.78 is 0. The number of hydrogen-bond donors (Lipinski definition) is 1. The van der Waals surface area contributed by atoms with Gasteiger partial charge >= 0.3 is 0 Å². The third-order valence-electron chi connectivity index (χ3n) is 1.89. The molecule has 0 aliphatic rings. The molecule has 0 atom stereocenters. The number of nitrogens with zero attached hydrogens (tertiary/aromatic N) is 1. The Morgan fingerprint density at radius 1 is 1.15 bits per heavy atom. The van der Waals surface area contributed by atoms with Crippen LogP contribution in [0.15, 0.2) is 0 Å². The van der Waals surface area contributed by atoms with E-state index in [1.54, 1.807) is 0 Å². The first-order valence-corrected chi connectivity index (χ1v) is 5.21. The van der Waals surface area contributed by atoms with Crippen LogP contribution in [-0.4, -0.2) is 37.6 Å². The Bertz CT molecular complexity index is 138. The Kier molecular flexibility index (Phi) is 9.18. The second-order valence-corrected chi connectivity index (χ2v) is 3.23. The van der Waals surface area contributed by atoms with Gasteiger partial charge in [0.05, 0.1) is 6.54 Å². The maximum atomic E-state index is 5.28. The lowest BCUT2D eigenvalue weighted by molar-refractivity contribution is 0.306. The zero-order valence-corrected chi connectivity index (χ0v) is 8.97. The minimum absolute atomic E-state index is 0.779. The van der Waals surface area contributed by atoms with E-state index in [0.29, 0.717) is 0 Å². The van der Waals surface area contributed by atoms with Gasteiger partial charge in [0, 0.05) is 13.1 Å². The first-order valence-electron chi connectivity index (χ1n) is 5.21. The summed E-state index contributed by atoms with van der Waals surface area (Å²) in [5.41, 5.74) is 0. The largest absolute Gasteiger partial charge is 0.315 e. The molecule has 0 spiro atoms. The molecule has 0 amide bonds. The fourth-order valence-electron chi connectivity index (χ4n) is 1.25. The average molecular weight is 182 g/mol. The van der Waals surface area contributed by atoms with Gasteiger partial charge in [-0.25, -0.2) is 0 Å². The third-order valence-corrected chi connectivity index (χ3v) is 1.89. The van der Waals surface area contributed by atoms with E-state index in [9.17, 15) is 0 Å². The van der Waals surface area contributed by atoms with Crippen LogP contribution in [0.1, 0.15) is 26.7 Å². The molecule has 0 bridgehead atoms. The molecule has 0 saturated heterocycles. The summed E-state index contributed by atoms with van der Waals surface area (Å²) in [6, 6.07) is 0. The molecule has 1 N–H and O–H groups in total. The zero-order chi connectivity index (χ0) is 9.94. The van der Waals surface area contributed by atoms with Crippen molar-refractivity contribution in [3.8, 4) is 12.3 Å². The summed E-state index contributed by atoms with van der Waals surface area (Å²) in [5.74, 6) is 2.69. The second-order valence-electron chi connectivity index (χ2n) is 3.23. The normalized spacial score (nSPS) is 10.3. The van der Waals surface area contributed by atoms with E-state index in [1.165, 1.54) is 12.8 Å². The highest BCUT2D eigenvalue weighted by molar-refractivity contribution is 4.88. The van der Waals surface area contributed by atoms with Crippen molar-refractivity contribution >= 4 is 0 Å². The van der Waals surface area contributed by atoms with E-state index in [0.717, 1.165) is 32.7 Å². The van der Waals surface area contributed by atoms with Crippen LogP contribution in [0.3, 0.4) is 0 Å². The number of hydrogen-bond acceptors (Lipinski definition) is 2. The molecule has 0 saturated carbocycles.